The molecular formula is C16H29N3O3. The minimum absolute atomic E-state index is 0.0780. The Labute approximate surface area is 133 Å². The van der Waals surface area contributed by atoms with E-state index in [9.17, 15) is 14.7 Å². The topological polar surface area (TPSA) is 64.1 Å². The van der Waals surface area contributed by atoms with Gasteiger partial charge in [-0.1, -0.05) is 0 Å². The minimum atomic E-state index is -0.325. The molecule has 2 aliphatic rings. The summed E-state index contributed by atoms with van der Waals surface area (Å²) in [5, 5.41) is 9.42. The quantitative estimate of drug-likeness (QED) is 0.811. The van der Waals surface area contributed by atoms with Crippen molar-refractivity contribution < 1.29 is 14.7 Å². The van der Waals surface area contributed by atoms with Gasteiger partial charge in [-0.05, 0) is 26.2 Å². The molecule has 0 aromatic carbocycles. The fraction of sp³-hybridized carbons (Fsp3) is 0.875. The van der Waals surface area contributed by atoms with Crippen LogP contribution in [0.4, 0.5) is 0 Å². The Morgan fingerprint density at radius 1 is 1.14 bits per heavy atom. The second kappa shape index (κ2) is 7.92. The van der Waals surface area contributed by atoms with E-state index in [-0.39, 0.29) is 24.0 Å². The zero-order chi connectivity index (χ0) is 16.1. The summed E-state index contributed by atoms with van der Waals surface area (Å²) < 4.78 is 0. The van der Waals surface area contributed by atoms with Crippen molar-refractivity contribution in [2.24, 2.45) is 0 Å². The lowest BCUT2D eigenvalue weighted by Gasteiger charge is -2.38. The Kier molecular flexibility index (Phi) is 6.20. The van der Waals surface area contributed by atoms with Crippen LogP contribution in [0.2, 0.25) is 0 Å². The van der Waals surface area contributed by atoms with E-state index in [0.717, 1.165) is 52.0 Å². The molecule has 126 valence electrons. The number of hydrogen-bond donors (Lipinski definition) is 1. The lowest BCUT2D eigenvalue weighted by atomic mass is 9.98. The predicted octanol–water partition coefficient (Wildman–Crippen LogP) is 0.303. The summed E-state index contributed by atoms with van der Waals surface area (Å²) >= 11 is 0. The van der Waals surface area contributed by atoms with Crippen LogP contribution < -0.4 is 0 Å². The number of rotatable bonds is 4. The van der Waals surface area contributed by atoms with Crippen LogP contribution in [-0.4, -0.2) is 83.0 Å². The number of aliphatic hydroxyl groups excluding tert-OH is 1. The van der Waals surface area contributed by atoms with E-state index in [2.05, 4.69) is 4.90 Å². The van der Waals surface area contributed by atoms with Crippen molar-refractivity contribution in [2.75, 3.05) is 39.3 Å². The number of piperidine rings is 1. The van der Waals surface area contributed by atoms with Crippen molar-refractivity contribution in [3.05, 3.63) is 0 Å². The Morgan fingerprint density at radius 2 is 1.82 bits per heavy atom. The smallest absolute Gasteiger partial charge is 0.224 e. The summed E-state index contributed by atoms with van der Waals surface area (Å²) in [4.78, 5) is 30.1. The van der Waals surface area contributed by atoms with Crippen molar-refractivity contribution in [3.8, 4) is 0 Å². The molecule has 2 rings (SSSR count). The largest absolute Gasteiger partial charge is 0.392 e. The number of carbonyl (C=O) groups is 2. The average molecular weight is 311 g/mol. The van der Waals surface area contributed by atoms with E-state index in [1.165, 1.54) is 0 Å². The third-order valence-corrected chi connectivity index (χ3v) is 4.69. The molecule has 6 nitrogen and oxygen atoms in total. The zero-order valence-electron chi connectivity index (χ0n) is 13.8. The maximum atomic E-state index is 12.5. The summed E-state index contributed by atoms with van der Waals surface area (Å²) in [6, 6.07) is 0.0780. The molecule has 6 heteroatoms. The van der Waals surface area contributed by atoms with Gasteiger partial charge < -0.3 is 14.9 Å². The molecule has 0 spiro atoms. The van der Waals surface area contributed by atoms with Gasteiger partial charge in [0, 0.05) is 58.7 Å². The predicted molar refractivity (Wildman–Crippen MR) is 84.3 cm³/mol. The molecule has 0 aliphatic carbocycles. The van der Waals surface area contributed by atoms with Crippen molar-refractivity contribution in [2.45, 2.75) is 51.7 Å². The fourth-order valence-electron chi connectivity index (χ4n) is 3.51. The molecule has 2 fully saturated rings. The molecule has 0 aromatic rings. The molecule has 2 saturated heterocycles. The van der Waals surface area contributed by atoms with Crippen LogP contribution in [0.1, 0.15) is 39.5 Å². The number of aliphatic hydroxyl groups is 1. The van der Waals surface area contributed by atoms with Crippen molar-refractivity contribution in [1.82, 2.24) is 14.7 Å². The second-order valence-electron chi connectivity index (χ2n) is 6.60. The summed E-state index contributed by atoms with van der Waals surface area (Å²) in [6.07, 6.45) is 3.21. The van der Waals surface area contributed by atoms with Gasteiger partial charge in [-0.15, -0.1) is 0 Å². The maximum absolute atomic E-state index is 12.5. The first-order valence-corrected chi connectivity index (χ1v) is 8.42. The number of likely N-dealkylation sites (tertiary alicyclic amines) is 1. The van der Waals surface area contributed by atoms with E-state index in [1.54, 1.807) is 13.8 Å². The van der Waals surface area contributed by atoms with E-state index in [4.69, 9.17) is 0 Å². The SMILES string of the molecule is CC(=O)N1CCCCC1CC(=O)N1CCN(CC(C)O)CC1. The molecule has 1 N–H and O–H groups in total. The van der Waals surface area contributed by atoms with Crippen LogP contribution in [0.25, 0.3) is 0 Å². The van der Waals surface area contributed by atoms with Gasteiger partial charge >= 0.3 is 0 Å². The Balaban J connectivity index is 1.81. The van der Waals surface area contributed by atoms with Crippen LogP contribution in [-0.2, 0) is 9.59 Å². The number of β-amino-alcohol motifs (C(OH)–C–C–N with tert-alkyl or cyclic N) is 1. The van der Waals surface area contributed by atoms with Crippen molar-refractivity contribution in [3.63, 3.8) is 0 Å². The lowest BCUT2D eigenvalue weighted by Crippen LogP contribution is -2.52. The highest BCUT2D eigenvalue weighted by Gasteiger charge is 2.29. The highest BCUT2D eigenvalue weighted by Crippen LogP contribution is 2.21. The number of piperazine rings is 1. The molecule has 2 atom stereocenters. The molecule has 22 heavy (non-hydrogen) atoms. The normalized spacial score (nSPS) is 25.1. The molecule has 0 radical (unpaired) electrons. The molecule has 2 heterocycles. The summed E-state index contributed by atoms with van der Waals surface area (Å²) in [7, 11) is 0. The highest BCUT2D eigenvalue weighted by atomic mass is 16.3. The van der Waals surface area contributed by atoms with Crippen molar-refractivity contribution >= 4 is 11.8 Å². The Hall–Kier alpha value is -1.14. The molecule has 0 bridgehead atoms. The zero-order valence-corrected chi connectivity index (χ0v) is 13.8. The Morgan fingerprint density at radius 3 is 2.41 bits per heavy atom. The van der Waals surface area contributed by atoms with E-state index >= 15 is 0 Å². The minimum Gasteiger partial charge on any atom is -0.392 e. The van der Waals surface area contributed by atoms with E-state index in [1.807, 2.05) is 9.80 Å². The molecule has 2 unspecified atom stereocenters. The molecule has 2 aliphatic heterocycles. The van der Waals surface area contributed by atoms with Gasteiger partial charge in [-0.2, -0.15) is 0 Å². The first kappa shape index (κ1) is 17.2. The fourth-order valence-corrected chi connectivity index (χ4v) is 3.51. The monoisotopic (exact) mass is 311 g/mol. The molecule has 0 aromatic heterocycles. The van der Waals surface area contributed by atoms with Gasteiger partial charge in [-0.3, -0.25) is 14.5 Å². The summed E-state index contributed by atoms with van der Waals surface area (Å²) in [6.45, 7) is 7.92. The van der Waals surface area contributed by atoms with Crippen LogP contribution in [0.15, 0.2) is 0 Å². The number of amides is 2. The number of carbonyl (C=O) groups excluding carboxylic acids is 2. The third-order valence-electron chi connectivity index (χ3n) is 4.69. The molecular weight excluding hydrogens is 282 g/mol. The lowest BCUT2D eigenvalue weighted by molar-refractivity contribution is -0.138. The van der Waals surface area contributed by atoms with Gasteiger partial charge in [0.1, 0.15) is 0 Å². The maximum Gasteiger partial charge on any atom is 0.224 e. The Bertz CT molecular complexity index is 392. The van der Waals surface area contributed by atoms with Crippen LogP contribution >= 0.6 is 0 Å². The highest BCUT2D eigenvalue weighted by molar-refractivity contribution is 5.79. The molecule has 2 amide bonds. The molecule has 0 saturated carbocycles. The number of hydrogen-bond acceptors (Lipinski definition) is 4. The standard InChI is InChI=1S/C16H29N3O3/c1-13(20)12-17-7-9-18(10-8-17)16(22)11-15-5-3-4-6-19(15)14(2)21/h13,15,20H,3-12H2,1-2H3. The first-order valence-electron chi connectivity index (χ1n) is 8.42. The number of nitrogens with zero attached hydrogens (tertiary/aromatic N) is 3. The summed E-state index contributed by atoms with van der Waals surface area (Å²) in [5.74, 6) is 0.245. The second-order valence-corrected chi connectivity index (χ2v) is 6.60. The van der Waals surface area contributed by atoms with E-state index in [0.29, 0.717) is 13.0 Å². The van der Waals surface area contributed by atoms with Crippen LogP contribution in [0.3, 0.4) is 0 Å². The van der Waals surface area contributed by atoms with Gasteiger partial charge in [0.25, 0.3) is 0 Å². The third kappa shape index (κ3) is 4.68. The van der Waals surface area contributed by atoms with Gasteiger partial charge in [-0.25, -0.2) is 0 Å². The average Bonchev–Trinajstić information content (AvgIpc) is 2.47. The van der Waals surface area contributed by atoms with E-state index < -0.39 is 0 Å². The van der Waals surface area contributed by atoms with Gasteiger partial charge in [0.15, 0.2) is 0 Å². The first-order chi connectivity index (χ1) is 10.5. The van der Waals surface area contributed by atoms with Crippen LogP contribution in [0, 0.1) is 0 Å². The van der Waals surface area contributed by atoms with Crippen LogP contribution in [0.5, 0.6) is 0 Å². The van der Waals surface area contributed by atoms with Gasteiger partial charge in [0.05, 0.1) is 6.10 Å². The van der Waals surface area contributed by atoms with Crippen molar-refractivity contribution in [1.29, 1.82) is 0 Å². The van der Waals surface area contributed by atoms with Gasteiger partial charge in [0.2, 0.25) is 11.8 Å². The summed E-state index contributed by atoms with van der Waals surface area (Å²) in [5.41, 5.74) is 0.